The van der Waals surface area contributed by atoms with Crippen molar-refractivity contribution in [3.63, 3.8) is 0 Å². The second-order valence-electron chi connectivity index (χ2n) is 3.72. The van der Waals surface area contributed by atoms with Gasteiger partial charge in [-0.3, -0.25) is 9.59 Å². The number of pyridine rings is 1. The maximum Gasteiger partial charge on any atom is 0.268 e. The van der Waals surface area contributed by atoms with E-state index in [0.29, 0.717) is 5.69 Å². The van der Waals surface area contributed by atoms with Crippen LogP contribution in [-0.4, -0.2) is 10.5 Å². The Morgan fingerprint density at radius 3 is 2.75 bits per heavy atom. The van der Waals surface area contributed by atoms with E-state index in [1.807, 2.05) is 6.07 Å². The number of nitriles is 1. The molecule has 0 aliphatic carbocycles. The molecule has 0 aromatic carbocycles. The van der Waals surface area contributed by atoms with E-state index in [1.165, 1.54) is 10.6 Å². The van der Waals surface area contributed by atoms with E-state index in [-0.39, 0.29) is 17.7 Å². The minimum absolute atomic E-state index is 0.0715. The van der Waals surface area contributed by atoms with Crippen LogP contribution in [-0.2, 0) is 11.3 Å². The number of nitrogens with zero attached hydrogens (tertiary/aromatic N) is 2. The molecule has 1 heterocycles. The summed E-state index contributed by atoms with van der Waals surface area (Å²) in [7, 11) is 0. The van der Waals surface area contributed by atoms with Crippen molar-refractivity contribution >= 4 is 5.91 Å². The molecule has 5 nitrogen and oxygen atoms in total. The van der Waals surface area contributed by atoms with E-state index in [9.17, 15) is 9.59 Å². The first kappa shape index (κ1) is 12.0. The van der Waals surface area contributed by atoms with Gasteiger partial charge in [0.05, 0.1) is 5.92 Å². The third-order valence-electron chi connectivity index (χ3n) is 2.46. The molecule has 0 spiro atoms. The van der Waals surface area contributed by atoms with E-state index < -0.39 is 11.8 Å². The highest BCUT2D eigenvalue weighted by Gasteiger charge is 2.13. The van der Waals surface area contributed by atoms with E-state index in [0.717, 1.165) is 0 Å². The molecule has 0 radical (unpaired) electrons. The molecule has 0 bridgehead atoms. The van der Waals surface area contributed by atoms with Gasteiger partial charge in [-0.2, -0.15) is 5.26 Å². The zero-order valence-corrected chi connectivity index (χ0v) is 9.23. The molecule has 5 heteroatoms. The molecule has 2 N–H and O–H groups in total. The van der Waals surface area contributed by atoms with E-state index in [2.05, 4.69) is 0 Å². The summed E-state index contributed by atoms with van der Waals surface area (Å²) in [6.07, 6.45) is 0. The van der Waals surface area contributed by atoms with Crippen molar-refractivity contribution in [1.82, 2.24) is 4.57 Å². The summed E-state index contributed by atoms with van der Waals surface area (Å²) in [6.45, 7) is 3.60. The smallest absolute Gasteiger partial charge is 0.268 e. The first-order chi connectivity index (χ1) is 7.47. The Balaban J connectivity index is 3.19. The maximum absolute atomic E-state index is 11.8. The van der Waals surface area contributed by atoms with Gasteiger partial charge in [-0.15, -0.1) is 0 Å². The average Bonchev–Trinajstić information content (AvgIpc) is 2.24. The van der Waals surface area contributed by atoms with Gasteiger partial charge in [0, 0.05) is 12.2 Å². The van der Waals surface area contributed by atoms with Crippen molar-refractivity contribution in [1.29, 1.82) is 5.26 Å². The SMILES string of the molecule is Cc1ccc(C#N)c(=O)n1CC(C)C(N)=O. The van der Waals surface area contributed by atoms with Crippen LogP contribution in [0.1, 0.15) is 18.2 Å². The second kappa shape index (κ2) is 4.62. The summed E-state index contributed by atoms with van der Waals surface area (Å²) in [6, 6.07) is 4.97. The van der Waals surface area contributed by atoms with Crippen LogP contribution < -0.4 is 11.3 Å². The first-order valence-electron chi connectivity index (χ1n) is 4.87. The Morgan fingerprint density at radius 2 is 2.25 bits per heavy atom. The summed E-state index contributed by atoms with van der Waals surface area (Å²) < 4.78 is 1.40. The molecule has 1 amide bonds. The van der Waals surface area contributed by atoms with Crippen molar-refractivity contribution in [3.05, 3.63) is 33.7 Å². The minimum atomic E-state index is -0.464. The fraction of sp³-hybridized carbons (Fsp3) is 0.364. The number of amides is 1. The number of aryl methyl sites for hydroxylation is 1. The fourth-order valence-corrected chi connectivity index (χ4v) is 1.35. The lowest BCUT2D eigenvalue weighted by atomic mass is 10.1. The minimum Gasteiger partial charge on any atom is -0.369 e. The maximum atomic E-state index is 11.8. The van der Waals surface area contributed by atoms with Crippen LogP contribution in [0.2, 0.25) is 0 Å². The lowest BCUT2D eigenvalue weighted by molar-refractivity contribution is -0.121. The average molecular weight is 219 g/mol. The van der Waals surface area contributed by atoms with Crippen molar-refractivity contribution in [2.75, 3.05) is 0 Å². The highest BCUT2D eigenvalue weighted by Crippen LogP contribution is 2.03. The van der Waals surface area contributed by atoms with Crippen molar-refractivity contribution in [3.8, 4) is 6.07 Å². The van der Waals surface area contributed by atoms with Crippen LogP contribution in [0.4, 0.5) is 0 Å². The zero-order valence-electron chi connectivity index (χ0n) is 9.23. The van der Waals surface area contributed by atoms with Gasteiger partial charge in [-0.25, -0.2) is 0 Å². The van der Waals surface area contributed by atoms with Crippen LogP contribution in [0.5, 0.6) is 0 Å². The number of hydrogen-bond acceptors (Lipinski definition) is 3. The molecule has 1 unspecified atom stereocenters. The van der Waals surface area contributed by atoms with Gasteiger partial charge in [0.15, 0.2) is 0 Å². The van der Waals surface area contributed by atoms with Gasteiger partial charge in [-0.1, -0.05) is 6.92 Å². The van der Waals surface area contributed by atoms with Crippen LogP contribution >= 0.6 is 0 Å². The number of carbonyl (C=O) groups is 1. The van der Waals surface area contributed by atoms with Crippen LogP contribution in [0.15, 0.2) is 16.9 Å². The highest BCUT2D eigenvalue weighted by atomic mass is 16.1. The number of primary amides is 1. The Bertz CT molecular complexity index is 511. The lowest BCUT2D eigenvalue weighted by Gasteiger charge is -2.13. The number of rotatable bonds is 3. The van der Waals surface area contributed by atoms with Crippen LogP contribution in [0, 0.1) is 24.2 Å². The zero-order chi connectivity index (χ0) is 12.3. The number of carbonyl (C=O) groups excluding carboxylic acids is 1. The summed E-state index contributed by atoms with van der Waals surface area (Å²) in [4.78, 5) is 22.7. The van der Waals surface area contributed by atoms with E-state index in [4.69, 9.17) is 11.0 Å². The number of nitrogens with two attached hydrogens (primary N) is 1. The predicted molar refractivity (Wildman–Crippen MR) is 58.5 cm³/mol. The van der Waals surface area contributed by atoms with E-state index in [1.54, 1.807) is 19.9 Å². The monoisotopic (exact) mass is 219 g/mol. The van der Waals surface area contributed by atoms with Gasteiger partial charge >= 0.3 is 0 Å². The molecule has 1 atom stereocenters. The highest BCUT2D eigenvalue weighted by molar-refractivity contribution is 5.76. The summed E-state index contributed by atoms with van der Waals surface area (Å²) in [5.74, 6) is -0.904. The number of aromatic nitrogens is 1. The van der Waals surface area contributed by atoms with Crippen molar-refractivity contribution < 1.29 is 4.79 Å². The molecule has 0 saturated carbocycles. The predicted octanol–water partition coefficient (Wildman–Crippen LogP) is 0.150. The topological polar surface area (TPSA) is 88.9 Å². The summed E-state index contributed by atoms with van der Waals surface area (Å²) in [5, 5.41) is 8.72. The van der Waals surface area contributed by atoms with Crippen LogP contribution in [0.25, 0.3) is 0 Å². The normalized spacial score (nSPS) is 11.8. The molecular formula is C11H13N3O2. The molecular weight excluding hydrogens is 206 g/mol. The molecule has 1 aromatic rings. The van der Waals surface area contributed by atoms with Crippen LogP contribution in [0.3, 0.4) is 0 Å². The molecule has 84 valence electrons. The van der Waals surface area contributed by atoms with Gasteiger partial charge in [0.2, 0.25) is 5.91 Å². The van der Waals surface area contributed by atoms with Gasteiger partial charge in [0.25, 0.3) is 5.56 Å². The summed E-state index contributed by atoms with van der Waals surface area (Å²) in [5.41, 5.74) is 5.53. The molecule has 0 saturated heterocycles. The Kier molecular flexibility index (Phi) is 3.46. The van der Waals surface area contributed by atoms with Gasteiger partial charge in [-0.05, 0) is 19.1 Å². The lowest BCUT2D eigenvalue weighted by Crippen LogP contribution is -2.32. The molecule has 16 heavy (non-hydrogen) atoms. The first-order valence-corrected chi connectivity index (χ1v) is 4.87. The molecule has 0 aliphatic rings. The Labute approximate surface area is 93.1 Å². The largest absolute Gasteiger partial charge is 0.369 e. The molecule has 1 aromatic heterocycles. The Hall–Kier alpha value is -2.09. The van der Waals surface area contributed by atoms with E-state index >= 15 is 0 Å². The van der Waals surface area contributed by atoms with Gasteiger partial charge < -0.3 is 10.3 Å². The third kappa shape index (κ3) is 2.28. The third-order valence-corrected chi connectivity index (χ3v) is 2.46. The fourth-order valence-electron chi connectivity index (χ4n) is 1.35. The molecule has 0 fully saturated rings. The molecule has 0 aliphatic heterocycles. The van der Waals surface area contributed by atoms with Crippen molar-refractivity contribution in [2.45, 2.75) is 20.4 Å². The summed E-state index contributed by atoms with van der Waals surface area (Å²) >= 11 is 0. The Morgan fingerprint density at radius 1 is 1.62 bits per heavy atom. The standard InChI is InChI=1S/C11H13N3O2/c1-7(10(13)15)6-14-8(2)3-4-9(5-12)11(14)16/h3-4,7H,6H2,1-2H3,(H2,13,15). The number of hydrogen-bond donors (Lipinski definition) is 1. The quantitative estimate of drug-likeness (QED) is 0.784. The van der Waals surface area contributed by atoms with Gasteiger partial charge in [0.1, 0.15) is 11.6 Å². The molecule has 1 rings (SSSR count). The second-order valence-corrected chi connectivity index (χ2v) is 3.72. The van der Waals surface area contributed by atoms with Crippen molar-refractivity contribution in [2.24, 2.45) is 11.7 Å².